The summed E-state index contributed by atoms with van der Waals surface area (Å²) in [5.74, 6) is -0.751. The molecule has 3 heterocycles. The Bertz CT molecular complexity index is 1030. The molecule has 1 unspecified atom stereocenters. The standard InChI is InChI=1S/C24H26F3N3O4/c25-24(26,27)18-5-1-4-17(14-18)19(15-30-10-2-7-21(30)31)28-22(32)16-8-11-29(12-9-16)23(33)20-6-3-13-34-20/h1,3-6,13-14,16,19H,2,7-12,15H2,(H,28,32). The minimum Gasteiger partial charge on any atom is -0.459 e. The van der Waals surface area contributed by atoms with Crippen molar-refractivity contribution in [2.45, 2.75) is 37.9 Å². The third-order valence-corrected chi connectivity index (χ3v) is 6.39. The average Bonchev–Trinajstić information content (AvgIpc) is 3.50. The molecule has 2 aliphatic rings. The van der Waals surface area contributed by atoms with Crippen LogP contribution >= 0.6 is 0 Å². The van der Waals surface area contributed by atoms with Crippen molar-refractivity contribution in [3.05, 3.63) is 59.5 Å². The fourth-order valence-corrected chi connectivity index (χ4v) is 4.47. The number of halogens is 3. The van der Waals surface area contributed by atoms with E-state index in [0.29, 0.717) is 50.9 Å². The topological polar surface area (TPSA) is 82.9 Å². The Morgan fingerprint density at radius 3 is 2.50 bits per heavy atom. The molecule has 1 atom stereocenters. The SMILES string of the molecule is O=C(NC(CN1CCCC1=O)c1cccc(C(F)(F)F)c1)C1CCN(C(=O)c2ccco2)CC1. The summed E-state index contributed by atoms with van der Waals surface area (Å²) >= 11 is 0. The highest BCUT2D eigenvalue weighted by Crippen LogP contribution is 2.31. The van der Waals surface area contributed by atoms with E-state index in [1.807, 2.05) is 0 Å². The minimum atomic E-state index is -4.51. The molecule has 34 heavy (non-hydrogen) atoms. The number of alkyl halides is 3. The van der Waals surface area contributed by atoms with Crippen molar-refractivity contribution in [3.8, 4) is 0 Å². The first-order valence-corrected chi connectivity index (χ1v) is 11.3. The lowest BCUT2D eigenvalue weighted by atomic mass is 9.94. The molecule has 2 aromatic rings. The maximum absolute atomic E-state index is 13.3. The smallest absolute Gasteiger partial charge is 0.416 e. The van der Waals surface area contributed by atoms with Crippen LogP contribution in [0.15, 0.2) is 47.1 Å². The van der Waals surface area contributed by atoms with E-state index in [2.05, 4.69) is 5.32 Å². The number of piperidine rings is 1. The van der Waals surface area contributed by atoms with Crippen LogP contribution in [0.1, 0.15) is 53.4 Å². The molecule has 2 aliphatic heterocycles. The molecule has 10 heteroatoms. The number of amides is 3. The Hall–Kier alpha value is -3.30. The summed E-state index contributed by atoms with van der Waals surface area (Å²) in [6.07, 6.45) is -1.16. The van der Waals surface area contributed by atoms with Gasteiger partial charge in [0.2, 0.25) is 11.8 Å². The first-order valence-electron chi connectivity index (χ1n) is 11.3. The predicted octanol–water partition coefficient (Wildman–Crippen LogP) is 3.63. The maximum Gasteiger partial charge on any atom is 0.416 e. The Kier molecular flexibility index (Phi) is 6.95. The van der Waals surface area contributed by atoms with Crippen LogP contribution in [0.25, 0.3) is 0 Å². The van der Waals surface area contributed by atoms with Crippen LogP contribution in [0, 0.1) is 5.92 Å². The van der Waals surface area contributed by atoms with Crippen LogP contribution in [0.5, 0.6) is 0 Å². The highest BCUT2D eigenvalue weighted by Gasteiger charge is 2.34. The van der Waals surface area contributed by atoms with Crippen LogP contribution in [-0.4, -0.2) is 53.7 Å². The largest absolute Gasteiger partial charge is 0.459 e. The molecule has 0 spiro atoms. The summed E-state index contributed by atoms with van der Waals surface area (Å²) in [6, 6.07) is 7.30. The second-order valence-electron chi connectivity index (χ2n) is 8.67. The average molecular weight is 477 g/mol. The van der Waals surface area contributed by atoms with Gasteiger partial charge in [-0.15, -0.1) is 0 Å². The van der Waals surface area contributed by atoms with Gasteiger partial charge in [0.15, 0.2) is 5.76 Å². The number of nitrogens with one attached hydrogen (secondary N) is 1. The van der Waals surface area contributed by atoms with Crippen molar-refractivity contribution in [3.63, 3.8) is 0 Å². The summed E-state index contributed by atoms with van der Waals surface area (Å²) < 4.78 is 44.9. The number of carbonyl (C=O) groups excluding carboxylic acids is 3. The molecule has 0 radical (unpaired) electrons. The second kappa shape index (κ2) is 9.90. The molecule has 182 valence electrons. The van der Waals surface area contributed by atoms with E-state index >= 15 is 0 Å². The van der Waals surface area contributed by atoms with Crippen LogP contribution < -0.4 is 5.32 Å². The zero-order valence-electron chi connectivity index (χ0n) is 18.5. The van der Waals surface area contributed by atoms with Gasteiger partial charge in [0.1, 0.15) is 0 Å². The molecular weight excluding hydrogens is 451 g/mol. The summed E-state index contributed by atoms with van der Waals surface area (Å²) in [4.78, 5) is 40.8. The van der Waals surface area contributed by atoms with Gasteiger partial charge in [-0.1, -0.05) is 12.1 Å². The van der Waals surface area contributed by atoms with Gasteiger partial charge < -0.3 is 19.5 Å². The molecule has 3 amide bonds. The van der Waals surface area contributed by atoms with Gasteiger partial charge in [-0.05, 0) is 49.1 Å². The molecule has 1 aromatic carbocycles. The number of hydrogen-bond acceptors (Lipinski definition) is 4. The molecule has 1 N–H and O–H groups in total. The number of likely N-dealkylation sites (tertiary alicyclic amines) is 2. The molecule has 2 saturated heterocycles. The zero-order chi connectivity index (χ0) is 24.3. The van der Waals surface area contributed by atoms with E-state index in [4.69, 9.17) is 4.42 Å². The molecule has 4 rings (SSSR count). The van der Waals surface area contributed by atoms with E-state index in [1.165, 1.54) is 18.4 Å². The molecule has 0 aliphatic carbocycles. The molecular formula is C24H26F3N3O4. The van der Waals surface area contributed by atoms with Crippen LogP contribution in [0.3, 0.4) is 0 Å². The lowest BCUT2D eigenvalue weighted by molar-refractivity contribution is -0.137. The molecule has 0 bridgehead atoms. The molecule has 1 aromatic heterocycles. The number of furan rings is 1. The number of benzene rings is 1. The molecule has 0 saturated carbocycles. The summed E-state index contributed by atoms with van der Waals surface area (Å²) in [5, 5.41) is 2.88. The van der Waals surface area contributed by atoms with Gasteiger partial charge >= 0.3 is 6.18 Å². The van der Waals surface area contributed by atoms with Gasteiger partial charge in [-0.2, -0.15) is 13.2 Å². The predicted molar refractivity (Wildman–Crippen MR) is 115 cm³/mol. The van der Waals surface area contributed by atoms with E-state index in [0.717, 1.165) is 12.1 Å². The van der Waals surface area contributed by atoms with Gasteiger partial charge in [0, 0.05) is 38.5 Å². The van der Waals surface area contributed by atoms with Crippen molar-refractivity contribution in [2.24, 2.45) is 5.92 Å². The highest BCUT2D eigenvalue weighted by molar-refractivity contribution is 5.91. The zero-order valence-corrected chi connectivity index (χ0v) is 18.5. The van der Waals surface area contributed by atoms with E-state index in [-0.39, 0.29) is 35.9 Å². The second-order valence-corrected chi connectivity index (χ2v) is 8.67. The number of rotatable bonds is 6. The quantitative estimate of drug-likeness (QED) is 0.689. The van der Waals surface area contributed by atoms with Gasteiger partial charge in [-0.3, -0.25) is 14.4 Å². The summed E-state index contributed by atoms with van der Waals surface area (Å²) in [6.45, 7) is 1.37. The van der Waals surface area contributed by atoms with Crippen molar-refractivity contribution >= 4 is 17.7 Å². The number of hydrogen-bond donors (Lipinski definition) is 1. The van der Waals surface area contributed by atoms with Crippen molar-refractivity contribution in [1.29, 1.82) is 0 Å². The van der Waals surface area contributed by atoms with Crippen molar-refractivity contribution in [1.82, 2.24) is 15.1 Å². The third-order valence-electron chi connectivity index (χ3n) is 6.39. The first kappa shape index (κ1) is 23.8. The molecule has 2 fully saturated rings. The fourth-order valence-electron chi connectivity index (χ4n) is 4.47. The Morgan fingerprint density at radius 1 is 1.12 bits per heavy atom. The highest BCUT2D eigenvalue weighted by atomic mass is 19.4. The Labute approximate surface area is 194 Å². The lowest BCUT2D eigenvalue weighted by Crippen LogP contribution is -2.45. The third kappa shape index (κ3) is 5.43. The van der Waals surface area contributed by atoms with Gasteiger partial charge in [0.25, 0.3) is 5.91 Å². The van der Waals surface area contributed by atoms with E-state index < -0.39 is 17.8 Å². The van der Waals surface area contributed by atoms with Gasteiger partial charge in [0.05, 0.1) is 17.9 Å². The minimum absolute atomic E-state index is 0.0732. The summed E-state index contributed by atoms with van der Waals surface area (Å²) in [7, 11) is 0. The Morgan fingerprint density at radius 2 is 1.88 bits per heavy atom. The fraction of sp³-hybridized carbons (Fsp3) is 0.458. The first-order chi connectivity index (χ1) is 16.2. The van der Waals surface area contributed by atoms with Gasteiger partial charge in [-0.25, -0.2) is 0 Å². The normalized spacial score (nSPS) is 18.3. The molecule has 7 nitrogen and oxygen atoms in total. The lowest BCUT2D eigenvalue weighted by Gasteiger charge is -2.32. The maximum atomic E-state index is 13.3. The van der Waals surface area contributed by atoms with Crippen molar-refractivity contribution in [2.75, 3.05) is 26.2 Å². The van der Waals surface area contributed by atoms with Crippen molar-refractivity contribution < 1.29 is 32.0 Å². The monoisotopic (exact) mass is 477 g/mol. The number of nitrogens with zero attached hydrogens (tertiary/aromatic N) is 2. The van der Waals surface area contributed by atoms with Crippen LogP contribution in [-0.2, 0) is 15.8 Å². The Balaban J connectivity index is 1.44. The van der Waals surface area contributed by atoms with Crippen LogP contribution in [0.4, 0.5) is 13.2 Å². The van der Waals surface area contributed by atoms with E-state index in [1.54, 1.807) is 21.9 Å². The van der Waals surface area contributed by atoms with E-state index in [9.17, 15) is 27.6 Å². The van der Waals surface area contributed by atoms with Crippen LogP contribution in [0.2, 0.25) is 0 Å². The summed E-state index contributed by atoms with van der Waals surface area (Å²) in [5.41, 5.74) is -0.505. The number of carbonyl (C=O) groups is 3.